The van der Waals surface area contributed by atoms with E-state index in [4.69, 9.17) is 4.74 Å². The Balaban J connectivity index is 2.18. The Bertz CT molecular complexity index is 643. The van der Waals surface area contributed by atoms with Crippen LogP contribution in [0.4, 0.5) is 4.79 Å². The number of unbranched alkanes of at least 4 members (excludes halogenated alkanes) is 2. The highest BCUT2D eigenvalue weighted by atomic mass is 16.6. The molecule has 1 aromatic rings. The molecule has 0 spiro atoms. The van der Waals surface area contributed by atoms with E-state index in [1.807, 2.05) is 50.3 Å². The van der Waals surface area contributed by atoms with Crippen molar-refractivity contribution in [3.05, 3.63) is 48.0 Å². The van der Waals surface area contributed by atoms with Gasteiger partial charge >= 0.3 is 6.09 Å². The summed E-state index contributed by atoms with van der Waals surface area (Å²) < 4.78 is 5.49. The second kappa shape index (κ2) is 10.3. The minimum Gasteiger partial charge on any atom is -0.439 e. The number of ether oxygens (including phenoxy) is 1. The number of cyclic esters (lactones) is 1. The standard InChI is InChI=1S/C22H31NO4/c1-4-6-9-15-19(24)18(14-7-5-2)21(25)23-16(3)20(27-22(23)26)17-12-10-8-11-13-17/h8-13,15-16,18-20,24H,4-7,14H2,1-3H3/b15-9+/t16-,18-,19+,20-/m1/s1. The van der Waals surface area contributed by atoms with Crippen LogP contribution < -0.4 is 0 Å². The summed E-state index contributed by atoms with van der Waals surface area (Å²) in [6, 6.07) is 9.02. The quantitative estimate of drug-likeness (QED) is 0.642. The lowest BCUT2D eigenvalue weighted by molar-refractivity contribution is -0.136. The molecule has 0 aliphatic carbocycles. The lowest BCUT2D eigenvalue weighted by atomic mass is 9.92. The Kier molecular flexibility index (Phi) is 8.04. The second-order valence-corrected chi connectivity index (χ2v) is 7.12. The number of amides is 2. The van der Waals surface area contributed by atoms with Gasteiger partial charge < -0.3 is 9.84 Å². The van der Waals surface area contributed by atoms with Crippen LogP contribution in [-0.4, -0.2) is 34.2 Å². The number of carbonyl (C=O) groups excluding carboxylic acids is 2. The molecule has 2 amide bonds. The van der Waals surface area contributed by atoms with Crippen molar-refractivity contribution in [2.24, 2.45) is 5.92 Å². The highest BCUT2D eigenvalue weighted by Crippen LogP contribution is 2.34. The third kappa shape index (κ3) is 5.19. The Morgan fingerprint density at radius 3 is 2.59 bits per heavy atom. The number of imide groups is 1. The maximum Gasteiger partial charge on any atom is 0.417 e. The Hall–Kier alpha value is -2.14. The number of allylic oxidation sites excluding steroid dienone is 1. The lowest BCUT2D eigenvalue weighted by Crippen LogP contribution is -2.44. The van der Waals surface area contributed by atoms with E-state index in [-0.39, 0.29) is 5.91 Å². The zero-order valence-corrected chi connectivity index (χ0v) is 16.5. The first-order valence-corrected chi connectivity index (χ1v) is 9.94. The van der Waals surface area contributed by atoms with Crippen LogP contribution in [0.25, 0.3) is 0 Å². The summed E-state index contributed by atoms with van der Waals surface area (Å²) in [6.07, 6.45) is 5.67. The molecule has 0 unspecified atom stereocenters. The number of hydrogen-bond donors (Lipinski definition) is 1. The molecule has 2 rings (SSSR count). The van der Waals surface area contributed by atoms with E-state index < -0.39 is 30.3 Å². The van der Waals surface area contributed by atoms with Gasteiger partial charge in [-0.05, 0) is 25.3 Å². The summed E-state index contributed by atoms with van der Waals surface area (Å²) in [7, 11) is 0. The summed E-state index contributed by atoms with van der Waals surface area (Å²) in [6.45, 7) is 5.91. The number of nitrogens with zero attached hydrogens (tertiary/aromatic N) is 1. The molecule has 1 aliphatic rings. The molecule has 5 heteroatoms. The summed E-state index contributed by atoms with van der Waals surface area (Å²) in [5.74, 6) is -0.990. The normalized spacial score (nSPS) is 22.1. The first-order chi connectivity index (χ1) is 13.0. The molecule has 1 N–H and O–H groups in total. The van der Waals surface area contributed by atoms with E-state index in [2.05, 4.69) is 6.92 Å². The first-order valence-electron chi connectivity index (χ1n) is 9.94. The summed E-state index contributed by atoms with van der Waals surface area (Å²) in [4.78, 5) is 26.8. The van der Waals surface area contributed by atoms with Crippen LogP contribution in [0.15, 0.2) is 42.5 Å². The van der Waals surface area contributed by atoms with Crippen LogP contribution >= 0.6 is 0 Å². The van der Waals surface area contributed by atoms with Gasteiger partial charge in [-0.15, -0.1) is 0 Å². The van der Waals surface area contributed by atoms with E-state index in [9.17, 15) is 14.7 Å². The fourth-order valence-electron chi connectivity index (χ4n) is 3.42. The van der Waals surface area contributed by atoms with Crippen LogP contribution in [0.5, 0.6) is 0 Å². The number of benzene rings is 1. The van der Waals surface area contributed by atoms with Crippen molar-refractivity contribution in [2.75, 3.05) is 0 Å². The molecular formula is C22H31NO4. The van der Waals surface area contributed by atoms with Gasteiger partial charge in [-0.25, -0.2) is 9.69 Å². The number of carbonyl (C=O) groups is 2. The fraction of sp³-hybridized carbons (Fsp3) is 0.545. The number of rotatable bonds is 9. The zero-order valence-electron chi connectivity index (χ0n) is 16.5. The predicted octanol–water partition coefficient (Wildman–Crippen LogP) is 4.62. The minimum absolute atomic E-state index is 0.354. The first kappa shape index (κ1) is 21.2. The van der Waals surface area contributed by atoms with Crippen molar-refractivity contribution < 1.29 is 19.4 Å². The van der Waals surface area contributed by atoms with Gasteiger partial charge in [-0.1, -0.05) is 75.6 Å². The average molecular weight is 373 g/mol. The second-order valence-electron chi connectivity index (χ2n) is 7.12. The molecule has 148 valence electrons. The molecule has 1 heterocycles. The maximum absolute atomic E-state index is 13.2. The van der Waals surface area contributed by atoms with Gasteiger partial charge in [0.1, 0.15) is 6.10 Å². The minimum atomic E-state index is -0.897. The third-order valence-corrected chi connectivity index (χ3v) is 5.02. The largest absolute Gasteiger partial charge is 0.439 e. The molecule has 0 bridgehead atoms. The predicted molar refractivity (Wildman–Crippen MR) is 105 cm³/mol. The summed E-state index contributed by atoms with van der Waals surface area (Å²) >= 11 is 0. The molecule has 1 saturated heterocycles. The van der Waals surface area contributed by atoms with E-state index in [0.717, 1.165) is 31.2 Å². The monoisotopic (exact) mass is 373 g/mol. The molecule has 1 aliphatic heterocycles. The molecule has 1 fully saturated rings. The molecule has 0 saturated carbocycles. The zero-order chi connectivity index (χ0) is 19.8. The maximum atomic E-state index is 13.2. The number of aliphatic hydroxyl groups excluding tert-OH is 1. The fourth-order valence-corrected chi connectivity index (χ4v) is 3.42. The van der Waals surface area contributed by atoms with Crippen molar-refractivity contribution in [3.8, 4) is 0 Å². The topological polar surface area (TPSA) is 66.8 Å². The molecule has 0 aromatic heterocycles. The molecule has 4 atom stereocenters. The molecule has 0 radical (unpaired) electrons. The molecule has 1 aromatic carbocycles. The van der Waals surface area contributed by atoms with Crippen LogP contribution in [-0.2, 0) is 9.53 Å². The average Bonchev–Trinajstić information content (AvgIpc) is 2.97. The molecule has 27 heavy (non-hydrogen) atoms. The van der Waals surface area contributed by atoms with E-state index >= 15 is 0 Å². The Morgan fingerprint density at radius 2 is 1.96 bits per heavy atom. The van der Waals surface area contributed by atoms with Crippen molar-refractivity contribution in [2.45, 2.75) is 71.1 Å². The highest BCUT2D eigenvalue weighted by Gasteiger charge is 2.46. The van der Waals surface area contributed by atoms with Crippen molar-refractivity contribution in [1.82, 2.24) is 4.90 Å². The van der Waals surface area contributed by atoms with Crippen LogP contribution in [0, 0.1) is 5.92 Å². The number of aliphatic hydroxyl groups is 1. The Labute approximate surface area is 162 Å². The van der Waals surface area contributed by atoms with Gasteiger partial charge in [0.05, 0.1) is 18.1 Å². The van der Waals surface area contributed by atoms with Crippen LogP contribution in [0.1, 0.15) is 64.5 Å². The lowest BCUT2D eigenvalue weighted by Gasteiger charge is -2.26. The van der Waals surface area contributed by atoms with Crippen molar-refractivity contribution in [1.29, 1.82) is 0 Å². The van der Waals surface area contributed by atoms with Crippen molar-refractivity contribution in [3.63, 3.8) is 0 Å². The van der Waals surface area contributed by atoms with Gasteiger partial charge in [0.25, 0.3) is 0 Å². The SMILES string of the molecule is CCC/C=C/[C@H](O)[C@@H](CCCC)C(=O)N1C(=O)O[C@@H](c2ccccc2)[C@H]1C. The van der Waals surface area contributed by atoms with Crippen LogP contribution in [0.2, 0.25) is 0 Å². The number of hydrogen-bond acceptors (Lipinski definition) is 4. The van der Waals surface area contributed by atoms with Gasteiger partial charge in [-0.3, -0.25) is 4.79 Å². The highest BCUT2D eigenvalue weighted by molar-refractivity contribution is 5.95. The van der Waals surface area contributed by atoms with Gasteiger partial charge in [0, 0.05) is 0 Å². The summed E-state index contributed by atoms with van der Waals surface area (Å²) in [5, 5.41) is 10.6. The van der Waals surface area contributed by atoms with Gasteiger partial charge in [0.2, 0.25) is 5.91 Å². The molecule has 5 nitrogen and oxygen atoms in total. The third-order valence-electron chi connectivity index (χ3n) is 5.02. The van der Waals surface area contributed by atoms with Crippen LogP contribution in [0.3, 0.4) is 0 Å². The Morgan fingerprint density at radius 1 is 1.26 bits per heavy atom. The van der Waals surface area contributed by atoms with Crippen molar-refractivity contribution >= 4 is 12.0 Å². The molecular weight excluding hydrogens is 342 g/mol. The van der Waals surface area contributed by atoms with E-state index in [1.165, 1.54) is 4.90 Å². The smallest absolute Gasteiger partial charge is 0.417 e. The van der Waals surface area contributed by atoms with Gasteiger partial charge in [-0.2, -0.15) is 0 Å². The summed E-state index contributed by atoms with van der Waals surface area (Å²) in [5.41, 5.74) is 0.863. The van der Waals surface area contributed by atoms with Gasteiger partial charge in [0.15, 0.2) is 0 Å². The van der Waals surface area contributed by atoms with E-state index in [0.29, 0.717) is 6.42 Å². The van der Waals surface area contributed by atoms with E-state index in [1.54, 1.807) is 6.08 Å².